The molecule has 0 saturated heterocycles. The van der Waals surface area contributed by atoms with E-state index in [1.807, 2.05) is 31.2 Å². The first-order valence-corrected chi connectivity index (χ1v) is 9.31. The molecule has 2 aromatic rings. The molecule has 134 valence electrons. The molecule has 0 bridgehead atoms. The van der Waals surface area contributed by atoms with E-state index in [-0.39, 0.29) is 10.9 Å². The van der Waals surface area contributed by atoms with Crippen LogP contribution in [0.15, 0.2) is 58.5 Å². The van der Waals surface area contributed by atoms with Crippen molar-refractivity contribution in [3.8, 4) is 0 Å². The lowest BCUT2D eigenvalue weighted by molar-refractivity contribution is 0.228. The second kappa shape index (κ2) is 10.1. The van der Waals surface area contributed by atoms with Crippen LogP contribution < -0.4 is 10.9 Å². The minimum absolute atomic E-state index is 0.0666. The van der Waals surface area contributed by atoms with Crippen LogP contribution in [0.25, 0.3) is 0 Å². The fourth-order valence-electron chi connectivity index (χ4n) is 1.49. The van der Waals surface area contributed by atoms with Crippen LogP contribution in [0.1, 0.15) is 11.1 Å². The van der Waals surface area contributed by atoms with Gasteiger partial charge in [-0.15, -0.1) is 0 Å². The van der Waals surface area contributed by atoms with Gasteiger partial charge in [-0.05, 0) is 59.3 Å². The third-order valence-corrected chi connectivity index (χ3v) is 4.21. The van der Waals surface area contributed by atoms with Crippen LogP contribution in [0.4, 0.5) is 0 Å². The summed E-state index contributed by atoms with van der Waals surface area (Å²) in [5.74, 6) is -0.271. The number of halogens is 1. The summed E-state index contributed by atoms with van der Waals surface area (Å²) in [6.07, 6.45) is 1.56. The van der Waals surface area contributed by atoms with Crippen molar-refractivity contribution < 1.29 is 18.2 Å². The highest BCUT2D eigenvalue weighted by Crippen LogP contribution is 2.08. The number of nitrogens with one attached hydrogen (secondary N) is 3. The zero-order chi connectivity index (χ0) is 18.9. The number of hydroxylamine groups is 1. The van der Waals surface area contributed by atoms with E-state index in [9.17, 15) is 8.42 Å². The molecule has 2 rings (SSSR count). The van der Waals surface area contributed by atoms with Crippen LogP contribution in [-0.4, -0.2) is 30.4 Å². The van der Waals surface area contributed by atoms with Gasteiger partial charge in [-0.3, -0.25) is 15.2 Å². The lowest BCUT2D eigenvalue weighted by Crippen LogP contribution is -2.30. The van der Waals surface area contributed by atoms with E-state index in [1.165, 1.54) is 12.1 Å². The Morgan fingerprint density at radius 1 is 1.24 bits per heavy atom. The zero-order valence-corrected chi connectivity index (χ0v) is 16.1. The standard InChI is InChI=1S/C8H9IN4O.C7H8O3S/c9-7-3-1-2-6(4-7)5-11-12-8(10)13-14;1-6-2-4-7(5-3-6)11(8,9)10/h1-5,14H,(H3,10,12,13);2-5H,1H3,(H,8,9,10)/b11-5+;. The molecular weight excluding hydrogens is 459 g/mol. The number of nitrogens with zero attached hydrogens (tertiary/aromatic N) is 1. The predicted molar refractivity (Wildman–Crippen MR) is 104 cm³/mol. The molecule has 0 aliphatic heterocycles. The fourth-order valence-corrected chi connectivity index (χ4v) is 2.54. The molecule has 0 fully saturated rings. The molecule has 2 aromatic carbocycles. The number of guanidine groups is 1. The first-order chi connectivity index (χ1) is 11.7. The van der Waals surface area contributed by atoms with E-state index in [0.29, 0.717) is 0 Å². The maximum absolute atomic E-state index is 10.5. The SMILES string of the molecule is Cc1ccc(S(=O)(=O)O)cc1.N=C(NO)N/N=C/c1cccc(I)c1. The molecule has 10 heteroatoms. The summed E-state index contributed by atoms with van der Waals surface area (Å²) in [5.41, 5.74) is 5.79. The van der Waals surface area contributed by atoms with Gasteiger partial charge in [0.25, 0.3) is 10.1 Å². The number of hydrazone groups is 1. The maximum atomic E-state index is 10.5. The second-order valence-electron chi connectivity index (χ2n) is 4.70. The van der Waals surface area contributed by atoms with E-state index >= 15 is 0 Å². The third kappa shape index (κ3) is 8.58. The van der Waals surface area contributed by atoms with Crippen molar-refractivity contribution in [2.45, 2.75) is 11.8 Å². The first-order valence-electron chi connectivity index (χ1n) is 6.80. The van der Waals surface area contributed by atoms with Gasteiger partial charge in [0.1, 0.15) is 0 Å². The van der Waals surface area contributed by atoms with Crippen molar-refractivity contribution >= 4 is 44.9 Å². The first kappa shape index (κ1) is 21.0. The number of benzene rings is 2. The highest BCUT2D eigenvalue weighted by Gasteiger charge is 2.06. The molecule has 0 amide bonds. The summed E-state index contributed by atoms with van der Waals surface area (Å²) in [5, 5.41) is 19.0. The topological polar surface area (TPSA) is 135 Å². The lowest BCUT2D eigenvalue weighted by Gasteiger charge is -1.98. The molecule has 0 radical (unpaired) electrons. The summed E-state index contributed by atoms with van der Waals surface area (Å²) in [6, 6.07) is 13.7. The van der Waals surface area contributed by atoms with Gasteiger partial charge in [0.2, 0.25) is 5.96 Å². The Hall–Kier alpha value is -2.02. The van der Waals surface area contributed by atoms with Gasteiger partial charge >= 0.3 is 0 Å². The number of aryl methyl sites for hydroxylation is 1. The highest BCUT2D eigenvalue weighted by atomic mass is 127. The van der Waals surface area contributed by atoms with Crippen molar-refractivity contribution in [2.24, 2.45) is 5.10 Å². The molecular formula is C15H17IN4O4S. The number of hydrogen-bond donors (Lipinski definition) is 5. The highest BCUT2D eigenvalue weighted by molar-refractivity contribution is 14.1. The molecule has 25 heavy (non-hydrogen) atoms. The summed E-state index contributed by atoms with van der Waals surface area (Å²) in [7, 11) is -4.02. The van der Waals surface area contributed by atoms with E-state index in [0.717, 1.165) is 14.7 Å². The van der Waals surface area contributed by atoms with Gasteiger partial charge in [-0.1, -0.05) is 29.8 Å². The molecule has 0 unspecified atom stereocenters. The zero-order valence-electron chi connectivity index (χ0n) is 13.1. The van der Waals surface area contributed by atoms with Crippen LogP contribution in [0.5, 0.6) is 0 Å². The third-order valence-electron chi connectivity index (χ3n) is 2.67. The van der Waals surface area contributed by atoms with Crippen LogP contribution in [-0.2, 0) is 10.1 Å². The molecule has 0 aliphatic rings. The van der Waals surface area contributed by atoms with E-state index < -0.39 is 10.1 Å². The summed E-state index contributed by atoms with van der Waals surface area (Å²) in [6.45, 7) is 1.84. The molecule has 0 spiro atoms. The molecule has 0 aromatic heterocycles. The van der Waals surface area contributed by atoms with E-state index in [1.54, 1.807) is 23.8 Å². The van der Waals surface area contributed by atoms with Crippen molar-refractivity contribution in [3.05, 3.63) is 63.2 Å². The van der Waals surface area contributed by atoms with Crippen LogP contribution in [0, 0.1) is 15.9 Å². The quantitative estimate of drug-likeness (QED) is 0.152. The van der Waals surface area contributed by atoms with E-state index in [4.69, 9.17) is 15.2 Å². The minimum Gasteiger partial charge on any atom is -0.288 e. The predicted octanol–water partition coefficient (Wildman–Crippen LogP) is 2.37. The molecule has 0 heterocycles. The van der Waals surface area contributed by atoms with Gasteiger partial charge in [-0.25, -0.2) is 10.9 Å². The van der Waals surface area contributed by atoms with Gasteiger partial charge in [0.15, 0.2) is 0 Å². The Morgan fingerprint density at radius 2 is 1.88 bits per heavy atom. The largest absolute Gasteiger partial charge is 0.294 e. The maximum Gasteiger partial charge on any atom is 0.294 e. The monoisotopic (exact) mass is 476 g/mol. The summed E-state index contributed by atoms with van der Waals surface area (Å²) < 4.78 is 30.7. The molecule has 0 atom stereocenters. The fraction of sp³-hybridized carbons (Fsp3) is 0.0667. The summed E-state index contributed by atoms with van der Waals surface area (Å²) >= 11 is 2.20. The second-order valence-corrected chi connectivity index (χ2v) is 7.37. The van der Waals surface area contributed by atoms with Gasteiger partial charge in [0, 0.05) is 3.57 Å². The molecule has 0 saturated carbocycles. The van der Waals surface area contributed by atoms with Crippen LogP contribution in [0.3, 0.4) is 0 Å². The number of rotatable bonds is 3. The van der Waals surface area contributed by atoms with Crippen molar-refractivity contribution in [2.75, 3.05) is 0 Å². The van der Waals surface area contributed by atoms with Crippen LogP contribution >= 0.6 is 22.6 Å². The Bertz CT molecular complexity index is 839. The minimum atomic E-state index is -4.02. The van der Waals surface area contributed by atoms with Crippen LogP contribution in [0.2, 0.25) is 0 Å². The van der Waals surface area contributed by atoms with Crippen molar-refractivity contribution in [1.82, 2.24) is 10.9 Å². The molecule has 0 aliphatic carbocycles. The van der Waals surface area contributed by atoms with Gasteiger partial charge < -0.3 is 0 Å². The van der Waals surface area contributed by atoms with E-state index in [2.05, 4.69) is 33.1 Å². The Balaban J connectivity index is 0.000000257. The number of hydrogen-bond acceptors (Lipinski definition) is 5. The lowest BCUT2D eigenvalue weighted by atomic mass is 10.2. The van der Waals surface area contributed by atoms with Gasteiger partial charge in [-0.2, -0.15) is 13.5 Å². The normalized spacial score (nSPS) is 10.7. The molecule has 8 nitrogen and oxygen atoms in total. The molecule has 5 N–H and O–H groups in total. The Morgan fingerprint density at radius 3 is 2.40 bits per heavy atom. The Kier molecular flexibility index (Phi) is 8.48. The average molecular weight is 476 g/mol. The average Bonchev–Trinajstić information content (AvgIpc) is 2.55. The Labute approximate surface area is 159 Å². The van der Waals surface area contributed by atoms with Crippen molar-refractivity contribution in [3.63, 3.8) is 0 Å². The van der Waals surface area contributed by atoms with Gasteiger partial charge in [0.05, 0.1) is 11.1 Å². The smallest absolute Gasteiger partial charge is 0.288 e. The summed E-state index contributed by atoms with van der Waals surface area (Å²) in [4.78, 5) is -0.0666. The van der Waals surface area contributed by atoms with Crippen molar-refractivity contribution in [1.29, 1.82) is 5.41 Å².